The van der Waals surface area contributed by atoms with Gasteiger partial charge in [-0.2, -0.15) is 0 Å². The number of nitrogens with one attached hydrogen (secondary N) is 1. The summed E-state index contributed by atoms with van der Waals surface area (Å²) in [6.07, 6.45) is 0. The Morgan fingerprint density at radius 3 is 2.56 bits per heavy atom. The van der Waals surface area contributed by atoms with Crippen LogP contribution in [0.3, 0.4) is 0 Å². The molecule has 0 aliphatic carbocycles. The smallest absolute Gasteiger partial charge is 0.0470 e. The van der Waals surface area contributed by atoms with Crippen LogP contribution in [0.1, 0.15) is 0 Å². The maximum absolute atomic E-state index is 6.01. The van der Waals surface area contributed by atoms with Crippen molar-refractivity contribution in [2.24, 2.45) is 0 Å². The summed E-state index contributed by atoms with van der Waals surface area (Å²) in [6, 6.07) is 18.7. The van der Waals surface area contributed by atoms with E-state index in [0.717, 1.165) is 17.1 Å². The molecule has 0 amide bonds. The molecule has 1 heterocycles. The predicted octanol–water partition coefficient (Wildman–Crippen LogP) is 4.15. The van der Waals surface area contributed by atoms with Crippen molar-refractivity contribution in [1.29, 1.82) is 0 Å². The lowest BCUT2D eigenvalue weighted by Gasteiger charge is -2.22. The Morgan fingerprint density at radius 2 is 1.61 bits per heavy atom. The van der Waals surface area contributed by atoms with E-state index in [9.17, 15) is 0 Å². The highest BCUT2D eigenvalue weighted by Gasteiger charge is 2.17. The Bertz CT molecular complexity index is 775. The second kappa shape index (κ2) is 3.26. The number of hydrogen-bond acceptors (Lipinski definition) is 2. The number of benzene rings is 3. The summed E-state index contributed by atoms with van der Waals surface area (Å²) >= 11 is 0. The monoisotopic (exact) mass is 232 g/mol. The zero-order chi connectivity index (χ0) is 12.1. The second-order valence-corrected chi connectivity index (χ2v) is 4.64. The molecular formula is C16H12N2. The van der Waals surface area contributed by atoms with E-state index in [-0.39, 0.29) is 0 Å². The number of nitrogens with two attached hydrogens (primary N) is 1. The number of fused-ring (bicyclic) bond motifs is 2. The van der Waals surface area contributed by atoms with Crippen LogP contribution in [0.15, 0.2) is 54.6 Å². The van der Waals surface area contributed by atoms with Gasteiger partial charge in [-0.25, -0.2) is 0 Å². The van der Waals surface area contributed by atoms with E-state index in [2.05, 4.69) is 47.8 Å². The van der Waals surface area contributed by atoms with E-state index >= 15 is 0 Å². The van der Waals surface area contributed by atoms with E-state index in [1.165, 1.54) is 21.9 Å². The molecule has 0 radical (unpaired) electrons. The van der Waals surface area contributed by atoms with Crippen molar-refractivity contribution in [2.45, 2.75) is 0 Å². The summed E-state index contributed by atoms with van der Waals surface area (Å²) in [5.74, 6) is 0. The first-order valence-corrected chi connectivity index (χ1v) is 6.01. The maximum atomic E-state index is 6.01. The highest BCUT2D eigenvalue weighted by atomic mass is 14.9. The third-order valence-electron chi connectivity index (χ3n) is 3.49. The van der Waals surface area contributed by atoms with Gasteiger partial charge in [-0.1, -0.05) is 30.3 Å². The Morgan fingerprint density at radius 1 is 0.778 bits per heavy atom. The van der Waals surface area contributed by atoms with Gasteiger partial charge in [0.2, 0.25) is 0 Å². The van der Waals surface area contributed by atoms with Crippen molar-refractivity contribution >= 4 is 27.8 Å². The van der Waals surface area contributed by atoms with Gasteiger partial charge in [0.05, 0.1) is 0 Å². The largest absolute Gasteiger partial charge is 0.399 e. The average molecular weight is 232 g/mol. The van der Waals surface area contributed by atoms with Gasteiger partial charge in [-0.05, 0) is 35.2 Å². The van der Waals surface area contributed by atoms with E-state index < -0.39 is 0 Å². The molecule has 1 aliphatic rings. The fourth-order valence-electron chi connectivity index (χ4n) is 2.74. The highest BCUT2D eigenvalue weighted by molar-refractivity contribution is 6.12. The topological polar surface area (TPSA) is 38.0 Å². The van der Waals surface area contributed by atoms with E-state index in [4.69, 9.17) is 5.73 Å². The van der Waals surface area contributed by atoms with Gasteiger partial charge >= 0.3 is 0 Å². The Hall–Kier alpha value is -2.48. The second-order valence-electron chi connectivity index (χ2n) is 4.64. The maximum Gasteiger partial charge on any atom is 0.0470 e. The number of para-hydroxylation sites is 1. The van der Waals surface area contributed by atoms with Gasteiger partial charge < -0.3 is 11.1 Å². The molecule has 0 atom stereocenters. The summed E-state index contributed by atoms with van der Waals surface area (Å²) in [7, 11) is 0. The molecule has 1 aliphatic heterocycles. The van der Waals surface area contributed by atoms with Gasteiger partial charge in [0.25, 0.3) is 0 Å². The standard InChI is InChI=1S/C16H12N2/c17-11-8-10-4-3-7-15-16(10)13(9-11)12-5-1-2-6-14(12)18-15/h1-9,18H,17H2. The lowest BCUT2D eigenvalue weighted by Crippen LogP contribution is -2.01. The average Bonchev–Trinajstić information content (AvgIpc) is 2.38. The molecule has 4 rings (SSSR count). The van der Waals surface area contributed by atoms with Gasteiger partial charge in [0.1, 0.15) is 0 Å². The van der Waals surface area contributed by atoms with Gasteiger partial charge in [-0.3, -0.25) is 0 Å². The molecule has 18 heavy (non-hydrogen) atoms. The molecule has 0 aromatic heterocycles. The predicted molar refractivity (Wildman–Crippen MR) is 77.1 cm³/mol. The van der Waals surface area contributed by atoms with Crippen molar-refractivity contribution in [1.82, 2.24) is 0 Å². The van der Waals surface area contributed by atoms with Crippen LogP contribution in [-0.4, -0.2) is 0 Å². The molecule has 86 valence electrons. The van der Waals surface area contributed by atoms with E-state index in [0.29, 0.717) is 0 Å². The molecular weight excluding hydrogens is 220 g/mol. The normalized spacial score (nSPS) is 12.0. The Labute approximate surface area is 105 Å². The summed E-state index contributed by atoms with van der Waals surface area (Å²) in [5.41, 5.74) is 11.6. The number of hydrogen-bond donors (Lipinski definition) is 2. The lowest BCUT2D eigenvalue weighted by atomic mass is 9.92. The van der Waals surface area contributed by atoms with Crippen molar-refractivity contribution in [3.05, 3.63) is 54.6 Å². The van der Waals surface area contributed by atoms with Gasteiger partial charge in [0, 0.05) is 28.0 Å². The van der Waals surface area contributed by atoms with Crippen LogP contribution in [0, 0.1) is 0 Å². The summed E-state index contributed by atoms with van der Waals surface area (Å²) in [5, 5.41) is 5.92. The van der Waals surface area contributed by atoms with Crippen LogP contribution < -0.4 is 11.1 Å². The number of rotatable bonds is 0. The molecule has 0 bridgehead atoms. The number of anilines is 3. The first kappa shape index (κ1) is 9.54. The van der Waals surface area contributed by atoms with Crippen LogP contribution in [0.5, 0.6) is 0 Å². The molecule has 3 N–H and O–H groups in total. The molecule has 2 heteroatoms. The lowest BCUT2D eigenvalue weighted by molar-refractivity contribution is 1.53. The minimum Gasteiger partial charge on any atom is -0.399 e. The van der Waals surface area contributed by atoms with Crippen LogP contribution in [0.25, 0.3) is 21.9 Å². The van der Waals surface area contributed by atoms with Crippen LogP contribution in [0.4, 0.5) is 17.1 Å². The summed E-state index contributed by atoms with van der Waals surface area (Å²) in [4.78, 5) is 0. The summed E-state index contributed by atoms with van der Waals surface area (Å²) < 4.78 is 0. The van der Waals surface area contributed by atoms with E-state index in [1.807, 2.05) is 12.1 Å². The molecule has 0 spiro atoms. The molecule has 3 aromatic carbocycles. The first-order chi connectivity index (χ1) is 8.83. The van der Waals surface area contributed by atoms with Crippen molar-refractivity contribution in [3.63, 3.8) is 0 Å². The fourth-order valence-corrected chi connectivity index (χ4v) is 2.74. The van der Waals surface area contributed by atoms with E-state index in [1.54, 1.807) is 0 Å². The Balaban J connectivity index is 2.22. The van der Waals surface area contributed by atoms with Gasteiger partial charge in [-0.15, -0.1) is 0 Å². The molecule has 2 nitrogen and oxygen atoms in total. The van der Waals surface area contributed by atoms with Crippen LogP contribution in [0.2, 0.25) is 0 Å². The van der Waals surface area contributed by atoms with Crippen molar-refractivity contribution in [2.75, 3.05) is 11.1 Å². The molecule has 0 saturated carbocycles. The molecule has 3 aromatic rings. The third kappa shape index (κ3) is 1.17. The number of nitrogen functional groups attached to an aromatic ring is 1. The molecule has 0 unspecified atom stereocenters. The van der Waals surface area contributed by atoms with Crippen LogP contribution >= 0.6 is 0 Å². The highest BCUT2D eigenvalue weighted by Crippen LogP contribution is 2.44. The minimum absolute atomic E-state index is 0.811. The van der Waals surface area contributed by atoms with Crippen molar-refractivity contribution < 1.29 is 0 Å². The minimum atomic E-state index is 0.811. The zero-order valence-corrected chi connectivity index (χ0v) is 9.77. The summed E-state index contributed by atoms with van der Waals surface area (Å²) in [6.45, 7) is 0. The molecule has 0 fully saturated rings. The zero-order valence-electron chi connectivity index (χ0n) is 9.77. The Kier molecular flexibility index (Phi) is 1.73. The first-order valence-electron chi connectivity index (χ1n) is 6.01. The molecule has 0 saturated heterocycles. The third-order valence-corrected chi connectivity index (χ3v) is 3.49. The van der Waals surface area contributed by atoms with Crippen molar-refractivity contribution in [3.8, 4) is 11.1 Å². The fraction of sp³-hybridized carbons (Fsp3) is 0. The SMILES string of the molecule is Nc1cc2c3c(cccc3c1)Nc1ccccc1-2. The van der Waals surface area contributed by atoms with Gasteiger partial charge in [0.15, 0.2) is 0 Å². The quantitative estimate of drug-likeness (QED) is 0.447. The van der Waals surface area contributed by atoms with Crippen LogP contribution in [-0.2, 0) is 0 Å².